The summed E-state index contributed by atoms with van der Waals surface area (Å²) in [6, 6.07) is 12.2. The molecule has 0 aliphatic carbocycles. The average molecular weight is 354 g/mol. The summed E-state index contributed by atoms with van der Waals surface area (Å²) in [5.74, 6) is 0.858. The van der Waals surface area contributed by atoms with Crippen molar-refractivity contribution in [1.29, 1.82) is 5.26 Å². The molecule has 4 rings (SSSR count). The van der Waals surface area contributed by atoms with E-state index in [4.69, 9.17) is 9.84 Å². The summed E-state index contributed by atoms with van der Waals surface area (Å²) < 4.78 is 7.39. The molecule has 0 aliphatic rings. The van der Waals surface area contributed by atoms with Crippen LogP contribution < -0.4 is 10.2 Å². The van der Waals surface area contributed by atoms with Crippen LogP contribution >= 0.6 is 0 Å². The summed E-state index contributed by atoms with van der Waals surface area (Å²) in [6.45, 7) is 2.12. The van der Waals surface area contributed by atoms with Crippen molar-refractivity contribution in [1.82, 2.24) is 14.8 Å². The van der Waals surface area contributed by atoms with Gasteiger partial charge in [-0.25, -0.2) is 0 Å². The fourth-order valence-electron chi connectivity index (χ4n) is 3.61. The molecule has 132 valence electrons. The number of benzene rings is 2. The molecule has 2 aromatic carbocycles. The maximum atomic E-state index is 9.21. The summed E-state index contributed by atoms with van der Waals surface area (Å²) in [6.07, 6.45) is 2.73. The van der Waals surface area contributed by atoms with E-state index in [9.17, 15) is 5.26 Å². The Hall–Kier alpha value is -3.33. The molecule has 6 heteroatoms. The lowest BCUT2D eigenvalue weighted by molar-refractivity contribution is 0.411. The van der Waals surface area contributed by atoms with Gasteiger partial charge in [-0.05, 0) is 24.1 Å². The number of hydrogen-bond acceptors (Lipinski definition) is 4. The van der Waals surface area contributed by atoms with Crippen LogP contribution in [0.3, 0.4) is 0 Å². The summed E-state index contributed by atoms with van der Waals surface area (Å²) >= 11 is 0. The van der Waals surface area contributed by atoms with Crippen LogP contribution in [0.25, 0.3) is 33.1 Å². The summed E-state index contributed by atoms with van der Waals surface area (Å²) in [7, 11) is 5.57. The van der Waals surface area contributed by atoms with Crippen LogP contribution in [-0.2, 0) is 13.5 Å². The molecular weight excluding hydrogens is 335 g/mol. The zero-order valence-corrected chi connectivity index (χ0v) is 15.9. The largest absolute Gasteiger partial charge is 0.496 e. The van der Waals surface area contributed by atoms with Gasteiger partial charge in [0, 0.05) is 35.0 Å². The molecule has 0 aliphatic heterocycles. The van der Waals surface area contributed by atoms with E-state index in [1.165, 1.54) is 0 Å². The molecule has 0 radical (unpaired) electrons. The zero-order chi connectivity index (χ0) is 19.1. The summed E-state index contributed by atoms with van der Waals surface area (Å²) in [5, 5.41) is 16.1. The highest BCUT2D eigenvalue weighted by Gasteiger charge is 2.17. The molecule has 2 aromatic heterocycles. The number of hydrogen-bond donors (Lipinski definition) is 0. The highest BCUT2D eigenvalue weighted by atomic mass is 16.5. The molecule has 2 heterocycles. The van der Waals surface area contributed by atoms with Gasteiger partial charge in [-0.2, -0.15) is 10.4 Å². The van der Waals surface area contributed by atoms with E-state index in [1.54, 1.807) is 7.11 Å². The fraction of sp³-hybridized carbons (Fsp3) is 0.190. The number of nitriles is 1. The molecule has 0 saturated carbocycles. The third kappa shape index (κ3) is 2.63. The van der Waals surface area contributed by atoms with Gasteiger partial charge in [0.15, 0.2) is 0 Å². The fourth-order valence-corrected chi connectivity index (χ4v) is 3.61. The molecule has 0 spiro atoms. The van der Waals surface area contributed by atoms with Crippen molar-refractivity contribution in [2.45, 2.75) is 13.3 Å². The van der Waals surface area contributed by atoms with Crippen molar-refractivity contribution >= 4 is 35.1 Å². The van der Waals surface area contributed by atoms with Crippen LogP contribution in [0.4, 0.5) is 0 Å². The topological polar surface area (TPSA) is 63.7 Å². The molecular formula is C21H19BN4O. The van der Waals surface area contributed by atoms with E-state index >= 15 is 0 Å². The Morgan fingerprint density at radius 1 is 1.26 bits per heavy atom. The van der Waals surface area contributed by atoms with E-state index in [2.05, 4.69) is 24.0 Å². The molecule has 0 atom stereocenters. The van der Waals surface area contributed by atoms with Crippen LogP contribution in [0.1, 0.15) is 18.1 Å². The van der Waals surface area contributed by atoms with Crippen LogP contribution in [0.5, 0.6) is 5.75 Å². The van der Waals surface area contributed by atoms with Gasteiger partial charge in [0.2, 0.25) is 0 Å². The molecule has 5 nitrogen and oxygen atoms in total. The van der Waals surface area contributed by atoms with Crippen molar-refractivity contribution < 1.29 is 4.74 Å². The van der Waals surface area contributed by atoms with Crippen LogP contribution in [-0.4, -0.2) is 29.7 Å². The molecule has 0 unspecified atom stereocenters. The first-order chi connectivity index (χ1) is 13.1. The van der Waals surface area contributed by atoms with Gasteiger partial charge in [0.1, 0.15) is 19.3 Å². The highest BCUT2D eigenvalue weighted by molar-refractivity contribution is 6.34. The van der Waals surface area contributed by atoms with E-state index in [0.29, 0.717) is 5.56 Å². The minimum Gasteiger partial charge on any atom is -0.496 e. The molecule has 0 N–H and O–H groups in total. The van der Waals surface area contributed by atoms with Crippen LogP contribution in [0, 0.1) is 11.3 Å². The Bertz CT molecular complexity index is 1240. The molecule has 0 saturated heterocycles. The van der Waals surface area contributed by atoms with Gasteiger partial charge >= 0.3 is 0 Å². The minimum absolute atomic E-state index is 0.684. The Morgan fingerprint density at radius 2 is 2.07 bits per heavy atom. The molecule has 0 fully saturated rings. The Labute approximate surface area is 158 Å². The third-order valence-electron chi connectivity index (χ3n) is 5.09. The van der Waals surface area contributed by atoms with Gasteiger partial charge in [-0.15, -0.1) is 0 Å². The quantitative estimate of drug-likeness (QED) is 0.531. The third-order valence-corrected chi connectivity index (χ3v) is 5.09. The van der Waals surface area contributed by atoms with Crippen molar-refractivity contribution in [3.05, 3.63) is 47.7 Å². The monoisotopic (exact) mass is 354 g/mol. The number of aryl methyl sites for hydroxylation is 2. The lowest BCUT2D eigenvalue weighted by Crippen LogP contribution is -2.07. The standard InChI is InChI=1S/C21H19BN4O/c1-4-12-7-15-17(9-19(12)27-3)24-11-18-20(15)21(25-26(18)2)13-5-6-14(10-23)16(22)8-13/h5-9,11H,4,22H2,1-3H3. The number of pyridine rings is 1. The Balaban J connectivity index is 2.08. The summed E-state index contributed by atoms with van der Waals surface area (Å²) in [4.78, 5) is 4.62. The van der Waals surface area contributed by atoms with Crippen molar-refractivity contribution in [2.24, 2.45) is 7.05 Å². The maximum absolute atomic E-state index is 9.21. The summed E-state index contributed by atoms with van der Waals surface area (Å²) in [5.41, 5.74) is 6.54. The van der Waals surface area contributed by atoms with E-state index in [1.807, 2.05) is 50.0 Å². The number of ether oxygens (including phenoxy) is 1. The number of aromatic nitrogens is 3. The lowest BCUT2D eigenvalue weighted by Gasteiger charge is -2.10. The zero-order valence-electron chi connectivity index (χ0n) is 15.9. The first kappa shape index (κ1) is 17.1. The molecule has 0 amide bonds. The first-order valence-corrected chi connectivity index (χ1v) is 8.90. The lowest BCUT2D eigenvalue weighted by atomic mass is 9.88. The molecule has 0 bridgehead atoms. The number of fused-ring (bicyclic) bond motifs is 3. The predicted molar refractivity (Wildman–Crippen MR) is 110 cm³/mol. The van der Waals surface area contributed by atoms with Gasteiger partial charge < -0.3 is 4.74 Å². The number of rotatable bonds is 3. The van der Waals surface area contributed by atoms with Crippen molar-refractivity contribution in [3.63, 3.8) is 0 Å². The molecule has 4 aromatic rings. The second-order valence-corrected chi connectivity index (χ2v) is 6.67. The van der Waals surface area contributed by atoms with E-state index < -0.39 is 0 Å². The highest BCUT2D eigenvalue weighted by Crippen LogP contribution is 2.35. The van der Waals surface area contributed by atoms with Gasteiger partial charge in [0.25, 0.3) is 0 Å². The van der Waals surface area contributed by atoms with Crippen LogP contribution in [0.2, 0.25) is 0 Å². The first-order valence-electron chi connectivity index (χ1n) is 8.90. The van der Waals surface area contributed by atoms with Gasteiger partial charge in [-0.1, -0.05) is 24.5 Å². The Kier molecular flexibility index (Phi) is 4.08. The maximum Gasteiger partial charge on any atom is 0.141 e. The normalized spacial score (nSPS) is 11.0. The van der Waals surface area contributed by atoms with Crippen molar-refractivity contribution in [3.8, 4) is 23.1 Å². The molecule has 27 heavy (non-hydrogen) atoms. The average Bonchev–Trinajstić information content (AvgIpc) is 3.03. The van der Waals surface area contributed by atoms with E-state index in [-0.39, 0.29) is 0 Å². The van der Waals surface area contributed by atoms with E-state index in [0.717, 1.165) is 56.3 Å². The second kappa shape index (κ2) is 6.44. The number of nitrogens with zero attached hydrogens (tertiary/aromatic N) is 4. The SMILES string of the molecule is Bc1cc(-c2nn(C)c3cnc4cc(OC)c(CC)cc4c23)ccc1C#N. The van der Waals surface area contributed by atoms with Crippen LogP contribution in [0.15, 0.2) is 36.5 Å². The second-order valence-electron chi connectivity index (χ2n) is 6.67. The minimum atomic E-state index is 0.684. The van der Waals surface area contributed by atoms with Gasteiger partial charge in [-0.3, -0.25) is 9.67 Å². The van der Waals surface area contributed by atoms with Crippen molar-refractivity contribution in [2.75, 3.05) is 7.11 Å². The smallest absolute Gasteiger partial charge is 0.141 e. The Morgan fingerprint density at radius 3 is 2.74 bits per heavy atom. The number of methoxy groups -OCH3 is 1. The van der Waals surface area contributed by atoms with Gasteiger partial charge in [0.05, 0.1) is 30.4 Å². The predicted octanol–water partition coefficient (Wildman–Crippen LogP) is 2.49.